The van der Waals surface area contributed by atoms with Crippen LogP contribution in [0.2, 0.25) is 0 Å². The van der Waals surface area contributed by atoms with Crippen LogP contribution in [0.4, 0.5) is 0 Å². The first-order chi connectivity index (χ1) is 12.7. The molecule has 1 saturated heterocycles. The highest BCUT2D eigenvalue weighted by molar-refractivity contribution is 5.85. The molecule has 156 valence electrons. The van der Waals surface area contributed by atoms with Gasteiger partial charge in [-0.25, -0.2) is 0 Å². The molecule has 1 aromatic carbocycles. The SMILES string of the molecule is CC(CC(=O)NCCCOc1cccc2cccnc12)C1CCCNC1.Cl.Cl. The standard InChI is InChI=1S/C21H29N3O2.2ClH/c1-16(18-8-3-10-22-15-18)14-20(25)23-12-5-13-26-19-9-2-6-17-7-4-11-24-21(17)19;;/h2,4,6-7,9,11,16,18,22H,3,5,8,10,12-15H2,1H3,(H,23,25);2*1H. The fourth-order valence-electron chi connectivity index (χ4n) is 3.57. The second-order valence-corrected chi connectivity index (χ2v) is 7.17. The topological polar surface area (TPSA) is 63.2 Å². The summed E-state index contributed by atoms with van der Waals surface area (Å²) in [6.07, 6.45) is 5.62. The van der Waals surface area contributed by atoms with Crippen LogP contribution in [0.3, 0.4) is 0 Å². The quantitative estimate of drug-likeness (QED) is 0.625. The lowest BCUT2D eigenvalue weighted by molar-refractivity contribution is -0.122. The Morgan fingerprint density at radius 3 is 2.93 bits per heavy atom. The fourth-order valence-corrected chi connectivity index (χ4v) is 3.57. The van der Waals surface area contributed by atoms with Gasteiger partial charge in [0.2, 0.25) is 5.91 Å². The Hall–Kier alpha value is -1.56. The summed E-state index contributed by atoms with van der Waals surface area (Å²) in [5.74, 6) is 2.00. The number of amides is 1. The van der Waals surface area contributed by atoms with Gasteiger partial charge in [-0.05, 0) is 56.3 Å². The number of halogens is 2. The van der Waals surface area contributed by atoms with Gasteiger partial charge in [-0.1, -0.05) is 25.1 Å². The monoisotopic (exact) mass is 427 g/mol. The first kappa shape index (κ1) is 24.5. The molecule has 7 heteroatoms. The predicted octanol–water partition coefficient (Wildman–Crippen LogP) is 3.99. The Balaban J connectivity index is 0.00000196. The fraction of sp³-hybridized carbons (Fsp3) is 0.524. The first-order valence-electron chi connectivity index (χ1n) is 9.68. The molecular weight excluding hydrogens is 397 g/mol. The molecule has 3 rings (SSSR count). The summed E-state index contributed by atoms with van der Waals surface area (Å²) in [6.45, 7) is 5.56. The van der Waals surface area contributed by atoms with Crippen LogP contribution >= 0.6 is 24.8 Å². The lowest BCUT2D eigenvalue weighted by Crippen LogP contribution is -2.35. The molecule has 1 aliphatic heterocycles. The number of rotatable bonds is 8. The van der Waals surface area contributed by atoms with Crippen LogP contribution in [0, 0.1) is 11.8 Å². The average molecular weight is 428 g/mol. The molecule has 2 heterocycles. The molecular formula is C21H31Cl2N3O2. The van der Waals surface area contributed by atoms with Gasteiger partial charge in [0.15, 0.2) is 0 Å². The number of nitrogens with one attached hydrogen (secondary N) is 2. The van der Waals surface area contributed by atoms with Crippen LogP contribution in [-0.4, -0.2) is 37.1 Å². The van der Waals surface area contributed by atoms with Gasteiger partial charge in [-0.3, -0.25) is 9.78 Å². The second-order valence-electron chi connectivity index (χ2n) is 7.17. The van der Waals surface area contributed by atoms with Crippen molar-refractivity contribution in [3.63, 3.8) is 0 Å². The number of benzene rings is 1. The summed E-state index contributed by atoms with van der Waals surface area (Å²) in [4.78, 5) is 16.5. The van der Waals surface area contributed by atoms with Crippen molar-refractivity contribution < 1.29 is 9.53 Å². The molecule has 0 saturated carbocycles. The molecule has 5 nitrogen and oxygen atoms in total. The van der Waals surface area contributed by atoms with Crippen molar-refractivity contribution in [2.45, 2.75) is 32.6 Å². The molecule has 28 heavy (non-hydrogen) atoms. The number of pyridine rings is 1. The van der Waals surface area contributed by atoms with E-state index in [1.165, 1.54) is 12.8 Å². The average Bonchev–Trinajstić information content (AvgIpc) is 2.68. The number of piperidine rings is 1. The van der Waals surface area contributed by atoms with Crippen LogP contribution in [0.1, 0.15) is 32.6 Å². The van der Waals surface area contributed by atoms with E-state index < -0.39 is 0 Å². The Labute approximate surface area is 179 Å². The maximum absolute atomic E-state index is 12.1. The predicted molar refractivity (Wildman–Crippen MR) is 119 cm³/mol. The molecule has 1 fully saturated rings. The van der Waals surface area contributed by atoms with Crippen LogP contribution in [-0.2, 0) is 4.79 Å². The maximum atomic E-state index is 12.1. The molecule has 2 unspecified atom stereocenters. The van der Waals surface area contributed by atoms with Crippen LogP contribution in [0.25, 0.3) is 10.9 Å². The van der Waals surface area contributed by atoms with Gasteiger partial charge in [0, 0.05) is 24.5 Å². The highest BCUT2D eigenvalue weighted by atomic mass is 35.5. The number of aromatic nitrogens is 1. The largest absolute Gasteiger partial charge is 0.491 e. The molecule has 0 bridgehead atoms. The minimum atomic E-state index is 0. The van der Waals surface area contributed by atoms with Crippen molar-refractivity contribution in [2.75, 3.05) is 26.2 Å². The first-order valence-corrected chi connectivity index (χ1v) is 9.68. The maximum Gasteiger partial charge on any atom is 0.220 e. The van der Waals surface area contributed by atoms with Crippen molar-refractivity contribution in [1.29, 1.82) is 0 Å². The number of fused-ring (bicyclic) bond motifs is 1. The van der Waals surface area contributed by atoms with Gasteiger partial charge in [-0.15, -0.1) is 24.8 Å². The number of ether oxygens (including phenoxy) is 1. The lowest BCUT2D eigenvalue weighted by atomic mass is 9.85. The molecule has 0 aliphatic carbocycles. The summed E-state index contributed by atoms with van der Waals surface area (Å²) in [5.41, 5.74) is 0.883. The zero-order chi connectivity index (χ0) is 18.2. The van der Waals surface area contributed by atoms with Crippen LogP contribution in [0.5, 0.6) is 5.75 Å². The van der Waals surface area contributed by atoms with E-state index in [0.717, 1.165) is 36.2 Å². The highest BCUT2D eigenvalue weighted by Gasteiger charge is 2.21. The molecule has 1 aliphatic rings. The van der Waals surface area contributed by atoms with E-state index >= 15 is 0 Å². The number of para-hydroxylation sites is 1. The summed E-state index contributed by atoms with van der Waals surface area (Å²) in [5, 5.41) is 7.52. The second kappa shape index (κ2) is 12.8. The number of hydrogen-bond donors (Lipinski definition) is 2. The normalized spacial score (nSPS) is 17.1. The van der Waals surface area contributed by atoms with Crippen molar-refractivity contribution >= 4 is 41.6 Å². The minimum absolute atomic E-state index is 0. The Morgan fingerprint density at radius 1 is 1.32 bits per heavy atom. The van der Waals surface area contributed by atoms with E-state index in [0.29, 0.717) is 31.4 Å². The smallest absolute Gasteiger partial charge is 0.220 e. The van der Waals surface area contributed by atoms with Crippen molar-refractivity contribution in [3.8, 4) is 5.75 Å². The van der Waals surface area contributed by atoms with Gasteiger partial charge in [-0.2, -0.15) is 0 Å². The van der Waals surface area contributed by atoms with Crippen LogP contribution in [0.15, 0.2) is 36.5 Å². The molecule has 2 atom stereocenters. The van der Waals surface area contributed by atoms with Gasteiger partial charge >= 0.3 is 0 Å². The summed E-state index contributed by atoms with van der Waals surface area (Å²) in [7, 11) is 0. The molecule has 2 aromatic rings. The third kappa shape index (κ3) is 7.12. The molecule has 1 aromatic heterocycles. The summed E-state index contributed by atoms with van der Waals surface area (Å²) < 4.78 is 5.86. The van der Waals surface area contributed by atoms with Crippen molar-refractivity contribution in [1.82, 2.24) is 15.6 Å². The number of nitrogens with zero attached hydrogens (tertiary/aromatic N) is 1. The molecule has 0 radical (unpaired) electrons. The van der Waals surface area contributed by atoms with Crippen LogP contribution < -0.4 is 15.4 Å². The number of hydrogen-bond acceptors (Lipinski definition) is 4. The van der Waals surface area contributed by atoms with Crippen molar-refractivity contribution in [3.05, 3.63) is 36.5 Å². The Kier molecular flexibility index (Phi) is 11.2. The molecule has 1 amide bonds. The lowest BCUT2D eigenvalue weighted by Gasteiger charge is -2.28. The van der Waals surface area contributed by atoms with E-state index in [9.17, 15) is 4.79 Å². The number of carbonyl (C=O) groups excluding carboxylic acids is 1. The van der Waals surface area contributed by atoms with Gasteiger partial charge in [0.1, 0.15) is 11.3 Å². The van der Waals surface area contributed by atoms with Gasteiger partial charge < -0.3 is 15.4 Å². The summed E-state index contributed by atoms with van der Waals surface area (Å²) >= 11 is 0. The Bertz CT molecular complexity index is 718. The van der Waals surface area contributed by atoms with Gasteiger partial charge in [0.25, 0.3) is 0 Å². The van der Waals surface area contributed by atoms with Gasteiger partial charge in [0.05, 0.1) is 6.61 Å². The van der Waals surface area contributed by atoms with E-state index in [1.807, 2.05) is 30.3 Å². The third-order valence-electron chi connectivity index (χ3n) is 5.14. The highest BCUT2D eigenvalue weighted by Crippen LogP contribution is 2.23. The van der Waals surface area contributed by atoms with Crippen molar-refractivity contribution in [2.24, 2.45) is 11.8 Å². The molecule has 0 spiro atoms. The summed E-state index contributed by atoms with van der Waals surface area (Å²) in [6, 6.07) is 9.89. The zero-order valence-corrected chi connectivity index (χ0v) is 18.0. The van der Waals surface area contributed by atoms with E-state index in [2.05, 4.69) is 22.5 Å². The van der Waals surface area contributed by atoms with E-state index in [4.69, 9.17) is 4.74 Å². The zero-order valence-electron chi connectivity index (χ0n) is 16.4. The third-order valence-corrected chi connectivity index (χ3v) is 5.14. The Morgan fingerprint density at radius 2 is 2.14 bits per heavy atom. The minimum Gasteiger partial charge on any atom is -0.491 e. The number of carbonyl (C=O) groups is 1. The molecule has 2 N–H and O–H groups in total. The van der Waals surface area contributed by atoms with E-state index in [1.54, 1.807) is 6.20 Å². The van der Waals surface area contributed by atoms with E-state index in [-0.39, 0.29) is 30.7 Å².